The number of aromatic nitrogens is 2. The number of fused-ring (bicyclic) bond motifs is 1. The Bertz CT molecular complexity index is 558. The topological polar surface area (TPSA) is 41.6 Å². The van der Waals surface area contributed by atoms with E-state index in [-0.39, 0.29) is 0 Å². The third-order valence-electron chi connectivity index (χ3n) is 3.06. The highest BCUT2D eigenvalue weighted by atomic mass is 15.3. The highest BCUT2D eigenvalue weighted by Crippen LogP contribution is 2.28. The number of benzene rings is 1. The molecule has 3 nitrogen and oxygen atoms in total. The summed E-state index contributed by atoms with van der Waals surface area (Å²) < 4.78 is 2.08. The van der Waals surface area contributed by atoms with Crippen molar-refractivity contribution in [3.8, 4) is 17.2 Å². The standard InChI is InChI=1S/C13H11N3/c14-8-10-3-5-11(6-4-10)12-9-15-16-7-1-2-13(12)16/h3-6,9H,1-2,7H2. The minimum absolute atomic E-state index is 0.701. The second-order valence-electron chi connectivity index (χ2n) is 4.02. The summed E-state index contributed by atoms with van der Waals surface area (Å²) in [6.07, 6.45) is 4.22. The van der Waals surface area contributed by atoms with Gasteiger partial charge in [-0.25, -0.2) is 0 Å². The maximum absolute atomic E-state index is 8.75. The zero-order chi connectivity index (χ0) is 11.0. The number of hydrogen-bond acceptors (Lipinski definition) is 2. The molecule has 0 spiro atoms. The molecule has 0 amide bonds. The molecule has 0 fully saturated rings. The fourth-order valence-electron chi connectivity index (χ4n) is 2.23. The molecule has 0 unspecified atom stereocenters. The van der Waals surface area contributed by atoms with Gasteiger partial charge in [0.2, 0.25) is 0 Å². The second kappa shape index (κ2) is 3.49. The van der Waals surface area contributed by atoms with Gasteiger partial charge >= 0.3 is 0 Å². The van der Waals surface area contributed by atoms with E-state index in [4.69, 9.17) is 5.26 Å². The molecule has 0 saturated heterocycles. The molecule has 2 aromatic rings. The van der Waals surface area contributed by atoms with E-state index in [0.717, 1.165) is 18.5 Å². The zero-order valence-electron chi connectivity index (χ0n) is 8.85. The Balaban J connectivity index is 2.06. The molecule has 0 radical (unpaired) electrons. The third-order valence-corrected chi connectivity index (χ3v) is 3.06. The van der Waals surface area contributed by atoms with Gasteiger partial charge in [-0.15, -0.1) is 0 Å². The first-order valence-electron chi connectivity index (χ1n) is 5.44. The normalized spacial score (nSPS) is 13.4. The lowest BCUT2D eigenvalue weighted by molar-refractivity contribution is 0.656. The zero-order valence-corrected chi connectivity index (χ0v) is 8.85. The van der Waals surface area contributed by atoms with Crippen LogP contribution in [0.3, 0.4) is 0 Å². The maximum atomic E-state index is 8.75. The first-order chi connectivity index (χ1) is 7.88. The molecule has 3 rings (SSSR count). The van der Waals surface area contributed by atoms with Gasteiger partial charge in [0.25, 0.3) is 0 Å². The van der Waals surface area contributed by atoms with Gasteiger partial charge in [0.05, 0.1) is 17.8 Å². The van der Waals surface area contributed by atoms with E-state index in [9.17, 15) is 0 Å². The van der Waals surface area contributed by atoms with E-state index in [2.05, 4.69) is 15.8 Å². The van der Waals surface area contributed by atoms with Crippen molar-refractivity contribution in [2.75, 3.05) is 0 Å². The molecular weight excluding hydrogens is 198 g/mol. The lowest BCUT2D eigenvalue weighted by Gasteiger charge is -2.00. The molecule has 1 aromatic carbocycles. The predicted octanol–water partition coefficient (Wildman–Crippen LogP) is 2.37. The fraction of sp³-hybridized carbons (Fsp3) is 0.231. The van der Waals surface area contributed by atoms with Gasteiger partial charge < -0.3 is 0 Å². The Kier molecular flexibility index (Phi) is 2.00. The Morgan fingerprint density at radius 2 is 2.06 bits per heavy atom. The average Bonchev–Trinajstić information content (AvgIpc) is 2.91. The predicted molar refractivity (Wildman–Crippen MR) is 60.7 cm³/mol. The molecule has 0 N–H and O–H groups in total. The summed E-state index contributed by atoms with van der Waals surface area (Å²) in [5, 5.41) is 13.1. The first kappa shape index (κ1) is 9.17. The number of hydrogen-bond donors (Lipinski definition) is 0. The highest BCUT2D eigenvalue weighted by molar-refractivity contribution is 5.66. The van der Waals surface area contributed by atoms with Crippen molar-refractivity contribution in [2.24, 2.45) is 0 Å². The SMILES string of the molecule is N#Cc1ccc(-c2cnn3c2CCC3)cc1. The third kappa shape index (κ3) is 1.31. The van der Waals surface area contributed by atoms with Crippen LogP contribution in [0.25, 0.3) is 11.1 Å². The molecule has 0 bridgehead atoms. The van der Waals surface area contributed by atoms with E-state index in [0.29, 0.717) is 5.56 Å². The molecule has 16 heavy (non-hydrogen) atoms. The summed E-state index contributed by atoms with van der Waals surface area (Å²) in [7, 11) is 0. The van der Waals surface area contributed by atoms with Gasteiger partial charge in [-0.3, -0.25) is 4.68 Å². The lowest BCUT2D eigenvalue weighted by Crippen LogP contribution is -1.93. The van der Waals surface area contributed by atoms with E-state index in [1.54, 1.807) is 0 Å². The van der Waals surface area contributed by atoms with Gasteiger partial charge in [0.15, 0.2) is 0 Å². The molecule has 3 heteroatoms. The van der Waals surface area contributed by atoms with Gasteiger partial charge in [0.1, 0.15) is 0 Å². The van der Waals surface area contributed by atoms with Crippen LogP contribution < -0.4 is 0 Å². The van der Waals surface area contributed by atoms with Crippen LogP contribution in [0.4, 0.5) is 0 Å². The van der Waals surface area contributed by atoms with Crippen molar-refractivity contribution in [3.63, 3.8) is 0 Å². The second-order valence-corrected chi connectivity index (χ2v) is 4.02. The van der Waals surface area contributed by atoms with E-state index in [1.807, 2.05) is 30.5 Å². The molecule has 0 saturated carbocycles. The van der Waals surface area contributed by atoms with Crippen molar-refractivity contribution in [1.29, 1.82) is 5.26 Å². The molecule has 78 valence electrons. The molecule has 0 aliphatic carbocycles. The Morgan fingerprint density at radius 3 is 2.81 bits per heavy atom. The van der Waals surface area contributed by atoms with Crippen LogP contribution in [-0.2, 0) is 13.0 Å². The summed E-state index contributed by atoms with van der Waals surface area (Å²) in [5.41, 5.74) is 4.39. The monoisotopic (exact) mass is 209 g/mol. The lowest BCUT2D eigenvalue weighted by atomic mass is 10.0. The molecule has 1 aromatic heterocycles. The average molecular weight is 209 g/mol. The molecule has 1 aliphatic heterocycles. The van der Waals surface area contributed by atoms with Crippen molar-refractivity contribution in [2.45, 2.75) is 19.4 Å². The summed E-state index contributed by atoms with van der Waals surface area (Å²) in [4.78, 5) is 0. The number of nitriles is 1. The highest BCUT2D eigenvalue weighted by Gasteiger charge is 2.16. The van der Waals surface area contributed by atoms with Crippen LogP contribution >= 0.6 is 0 Å². The summed E-state index contributed by atoms with van der Waals surface area (Å²) in [5.74, 6) is 0. The van der Waals surface area contributed by atoms with Gasteiger partial charge in [-0.2, -0.15) is 10.4 Å². The summed E-state index contributed by atoms with van der Waals surface area (Å²) >= 11 is 0. The minimum atomic E-state index is 0.701. The van der Waals surface area contributed by atoms with Crippen LogP contribution in [0.5, 0.6) is 0 Å². The molecule has 2 heterocycles. The fourth-order valence-corrected chi connectivity index (χ4v) is 2.23. The Hall–Kier alpha value is -2.08. The quantitative estimate of drug-likeness (QED) is 0.723. The number of rotatable bonds is 1. The first-order valence-corrected chi connectivity index (χ1v) is 5.44. The van der Waals surface area contributed by atoms with Crippen LogP contribution in [0.1, 0.15) is 17.7 Å². The van der Waals surface area contributed by atoms with Gasteiger partial charge in [-0.1, -0.05) is 12.1 Å². The number of nitrogens with zero attached hydrogens (tertiary/aromatic N) is 3. The van der Waals surface area contributed by atoms with Crippen LogP contribution in [0.2, 0.25) is 0 Å². The number of aryl methyl sites for hydroxylation is 1. The molecule has 0 atom stereocenters. The minimum Gasteiger partial charge on any atom is -0.269 e. The summed E-state index contributed by atoms with van der Waals surface area (Å²) in [6, 6.07) is 9.83. The van der Waals surface area contributed by atoms with Crippen LogP contribution in [0.15, 0.2) is 30.5 Å². The van der Waals surface area contributed by atoms with Gasteiger partial charge in [-0.05, 0) is 30.5 Å². The van der Waals surface area contributed by atoms with Gasteiger partial charge in [0, 0.05) is 17.8 Å². The van der Waals surface area contributed by atoms with Crippen molar-refractivity contribution >= 4 is 0 Å². The van der Waals surface area contributed by atoms with E-state index in [1.165, 1.54) is 17.7 Å². The summed E-state index contributed by atoms with van der Waals surface area (Å²) in [6.45, 7) is 1.03. The van der Waals surface area contributed by atoms with Crippen LogP contribution in [-0.4, -0.2) is 9.78 Å². The van der Waals surface area contributed by atoms with E-state index < -0.39 is 0 Å². The Labute approximate surface area is 93.9 Å². The van der Waals surface area contributed by atoms with Crippen molar-refractivity contribution in [1.82, 2.24) is 9.78 Å². The largest absolute Gasteiger partial charge is 0.269 e. The smallest absolute Gasteiger partial charge is 0.0991 e. The van der Waals surface area contributed by atoms with Crippen molar-refractivity contribution in [3.05, 3.63) is 41.7 Å². The van der Waals surface area contributed by atoms with E-state index >= 15 is 0 Å². The molecule has 1 aliphatic rings. The van der Waals surface area contributed by atoms with Crippen molar-refractivity contribution < 1.29 is 0 Å². The van der Waals surface area contributed by atoms with Crippen LogP contribution in [0, 0.1) is 11.3 Å². The molecular formula is C13H11N3. The Morgan fingerprint density at radius 1 is 1.25 bits per heavy atom. The maximum Gasteiger partial charge on any atom is 0.0991 e.